The number of hydrogen-bond acceptors (Lipinski definition) is 6. The van der Waals surface area contributed by atoms with Crippen LogP contribution in [0.5, 0.6) is 5.75 Å². The molecule has 0 aliphatic carbocycles. The summed E-state index contributed by atoms with van der Waals surface area (Å²) in [6.07, 6.45) is 3.65. The zero-order valence-electron chi connectivity index (χ0n) is 27.1. The molecular weight excluding hydrogens is 707 g/mol. The molecule has 244 valence electrons. The number of benzene rings is 3. The molecule has 5 aromatic rings. The lowest BCUT2D eigenvalue weighted by atomic mass is 9.98. The number of amides is 3. The highest BCUT2D eigenvalue weighted by Crippen LogP contribution is 2.37. The summed E-state index contributed by atoms with van der Waals surface area (Å²) in [6, 6.07) is 24.7. The van der Waals surface area contributed by atoms with Crippen molar-refractivity contribution in [3.05, 3.63) is 102 Å². The number of aromatic nitrogens is 3. The van der Waals surface area contributed by atoms with Gasteiger partial charge in [0.1, 0.15) is 29.6 Å². The largest absolute Gasteiger partial charge is 0.483 e. The number of anilines is 3. The molecule has 3 aromatic carbocycles. The van der Waals surface area contributed by atoms with Crippen LogP contribution in [0.3, 0.4) is 0 Å². The fraction of sp³-hybridized carbons (Fsp3) is 0.278. The number of urea groups is 1. The van der Waals surface area contributed by atoms with Crippen LogP contribution >= 0.6 is 22.6 Å². The minimum Gasteiger partial charge on any atom is -0.483 e. The lowest BCUT2D eigenvalue weighted by Gasteiger charge is -2.28. The maximum Gasteiger partial charge on any atom is 0.324 e. The van der Waals surface area contributed by atoms with Gasteiger partial charge in [0.05, 0.1) is 21.0 Å². The summed E-state index contributed by atoms with van der Waals surface area (Å²) in [7, 11) is 1.46. The summed E-state index contributed by atoms with van der Waals surface area (Å²) in [4.78, 5) is 29.7. The number of aryl methyl sites for hydroxylation is 1. The van der Waals surface area contributed by atoms with Crippen LogP contribution in [0.25, 0.3) is 16.5 Å². The molecule has 0 aliphatic rings. The Kier molecular flexibility index (Phi) is 10.8. The molecule has 0 saturated heterocycles. The number of nitrogens with one attached hydrogen (secondary N) is 3. The third-order valence-electron chi connectivity index (χ3n) is 7.61. The molecule has 3 N–H and O–H groups in total. The Hall–Kier alpha value is -4.49. The maximum atomic E-state index is 13.5. The van der Waals surface area contributed by atoms with E-state index in [1.54, 1.807) is 16.9 Å². The van der Waals surface area contributed by atoms with Gasteiger partial charge < -0.3 is 20.1 Å². The van der Waals surface area contributed by atoms with E-state index >= 15 is 0 Å². The van der Waals surface area contributed by atoms with Crippen LogP contribution in [0.15, 0.2) is 85.1 Å². The van der Waals surface area contributed by atoms with E-state index in [9.17, 15) is 9.59 Å². The Morgan fingerprint density at radius 1 is 0.957 bits per heavy atom. The lowest BCUT2D eigenvalue weighted by Crippen LogP contribution is -2.26. The molecule has 1 unspecified atom stereocenters. The van der Waals surface area contributed by atoms with Crippen molar-refractivity contribution in [1.82, 2.24) is 14.8 Å². The number of hydrogen-bond donors (Lipinski definition) is 3. The third-order valence-corrected chi connectivity index (χ3v) is 8.87. The molecule has 0 spiro atoms. The van der Waals surface area contributed by atoms with Crippen LogP contribution in [0, 0.1) is 6.92 Å². The second-order valence-electron chi connectivity index (χ2n) is 11.7. The molecule has 2 heterocycles. The Labute approximate surface area is 288 Å². The first kappa shape index (κ1) is 33.9. The van der Waals surface area contributed by atoms with Crippen molar-refractivity contribution in [1.29, 1.82) is 0 Å². The highest BCUT2D eigenvalue weighted by atomic mass is 127. The number of fused-ring (bicyclic) bond motifs is 1. The number of carbonyl (C=O) groups excluding carboxylic acids is 2. The fourth-order valence-corrected chi connectivity index (χ4v) is 6.11. The molecule has 2 aromatic heterocycles. The zero-order valence-corrected chi connectivity index (χ0v) is 29.3. The number of halogens is 1. The van der Waals surface area contributed by atoms with Crippen LogP contribution in [0.2, 0.25) is 0 Å². The van der Waals surface area contributed by atoms with Gasteiger partial charge >= 0.3 is 6.03 Å². The van der Waals surface area contributed by atoms with Crippen LogP contribution in [0.4, 0.5) is 22.1 Å². The lowest BCUT2D eigenvalue weighted by molar-refractivity contribution is -0.119. The Morgan fingerprint density at radius 3 is 2.43 bits per heavy atom. The predicted molar refractivity (Wildman–Crippen MR) is 195 cm³/mol. The molecule has 3 amide bonds. The van der Waals surface area contributed by atoms with Gasteiger partial charge in [-0.2, -0.15) is 5.10 Å². The van der Waals surface area contributed by atoms with Crippen molar-refractivity contribution in [2.75, 3.05) is 29.7 Å². The van der Waals surface area contributed by atoms with Crippen molar-refractivity contribution in [3.8, 4) is 11.4 Å². The molecule has 0 bridgehead atoms. The Morgan fingerprint density at radius 2 is 1.70 bits per heavy atom. The van der Waals surface area contributed by atoms with E-state index in [1.165, 1.54) is 7.11 Å². The second kappa shape index (κ2) is 14.9. The molecular formula is C36H39IN6O4. The van der Waals surface area contributed by atoms with E-state index in [1.807, 2.05) is 93.6 Å². The summed E-state index contributed by atoms with van der Waals surface area (Å²) in [6.45, 7) is 8.02. The number of ether oxygens (including phenoxy) is 2. The normalized spacial score (nSPS) is 12.0. The number of methoxy groups -OCH3 is 1. The third kappa shape index (κ3) is 8.27. The molecule has 0 radical (unpaired) electrons. The van der Waals surface area contributed by atoms with Crippen LogP contribution < -0.4 is 20.7 Å². The van der Waals surface area contributed by atoms with E-state index in [2.05, 4.69) is 50.4 Å². The van der Waals surface area contributed by atoms with Gasteiger partial charge in [0, 0.05) is 30.1 Å². The van der Waals surface area contributed by atoms with Gasteiger partial charge in [0.25, 0.3) is 5.91 Å². The van der Waals surface area contributed by atoms with Gasteiger partial charge in [-0.15, -0.1) is 0 Å². The minimum absolute atomic E-state index is 0.0640. The van der Waals surface area contributed by atoms with Crippen LogP contribution in [-0.4, -0.2) is 40.4 Å². The number of nitrogens with zero attached hydrogens (tertiary/aromatic N) is 3. The molecule has 47 heavy (non-hydrogen) atoms. The van der Waals surface area contributed by atoms with E-state index < -0.39 is 5.60 Å². The molecule has 0 saturated carbocycles. The van der Waals surface area contributed by atoms with E-state index in [-0.39, 0.29) is 22.5 Å². The average Bonchev–Trinajstić information content (AvgIpc) is 3.46. The van der Waals surface area contributed by atoms with Crippen LogP contribution in [-0.2, 0) is 15.1 Å². The first-order valence-corrected chi connectivity index (χ1v) is 16.7. The number of rotatable bonds is 12. The van der Waals surface area contributed by atoms with Gasteiger partial charge in [-0.25, -0.2) is 14.5 Å². The highest BCUT2D eigenvalue weighted by molar-refractivity contribution is 14.1. The van der Waals surface area contributed by atoms with Crippen molar-refractivity contribution < 1.29 is 19.1 Å². The summed E-state index contributed by atoms with van der Waals surface area (Å²) in [5.74, 6) is 1.34. The van der Waals surface area contributed by atoms with Crippen LogP contribution in [0.1, 0.15) is 54.4 Å². The minimum atomic E-state index is -0.779. The molecule has 10 nitrogen and oxygen atoms in total. The number of carbonyl (C=O) groups is 2. The first-order valence-electron chi connectivity index (χ1n) is 15.4. The van der Waals surface area contributed by atoms with E-state index in [0.29, 0.717) is 23.1 Å². The molecule has 5 rings (SSSR count). The van der Waals surface area contributed by atoms with Gasteiger partial charge in [0.2, 0.25) is 0 Å². The molecule has 0 fully saturated rings. The quantitative estimate of drug-likeness (QED) is 0.0870. The number of alkyl halides is 1. The monoisotopic (exact) mass is 746 g/mol. The van der Waals surface area contributed by atoms with Gasteiger partial charge in [-0.1, -0.05) is 77.9 Å². The first-order chi connectivity index (χ1) is 22.6. The second-order valence-corrected chi connectivity index (χ2v) is 13.2. The summed E-state index contributed by atoms with van der Waals surface area (Å²) in [5.41, 5.74) is 3.60. The average molecular weight is 747 g/mol. The topological polar surface area (TPSA) is 119 Å². The van der Waals surface area contributed by atoms with Crippen molar-refractivity contribution in [3.63, 3.8) is 0 Å². The number of pyridine rings is 1. The van der Waals surface area contributed by atoms with E-state index in [0.717, 1.165) is 46.1 Å². The fourth-order valence-electron chi connectivity index (χ4n) is 5.18. The summed E-state index contributed by atoms with van der Waals surface area (Å²) >= 11 is 2.41. The van der Waals surface area contributed by atoms with E-state index in [4.69, 9.17) is 14.6 Å². The standard InChI is InChI=1S/C36H39IN6O4/c1-6-9-28(37)30-21-33(43(42-30)25-14-12-23(2)13-15-25)41-35(45)39-29-16-17-31(27-11-8-7-10-26(27)29)47-36(3,4)24-18-19-38-32(20-24)40-34(44)22-46-5/h7-8,10-21,28H,6,9,22H2,1-5H3,(H,38,40,44)(H2,39,41,45). The van der Waals surface area contributed by atoms with Crippen molar-refractivity contribution in [2.45, 2.75) is 50.1 Å². The molecule has 11 heteroatoms. The summed E-state index contributed by atoms with van der Waals surface area (Å²) in [5, 5.41) is 15.3. The van der Waals surface area contributed by atoms with Crippen molar-refractivity contribution in [2.24, 2.45) is 0 Å². The smallest absolute Gasteiger partial charge is 0.324 e. The molecule has 0 aliphatic heterocycles. The van der Waals surface area contributed by atoms with Gasteiger partial charge in [-0.05, 0) is 69.2 Å². The van der Waals surface area contributed by atoms with Gasteiger partial charge in [0.15, 0.2) is 0 Å². The molecule has 1 atom stereocenters. The predicted octanol–water partition coefficient (Wildman–Crippen LogP) is 8.55. The maximum absolute atomic E-state index is 13.5. The Balaban J connectivity index is 1.38. The van der Waals surface area contributed by atoms with Gasteiger partial charge in [-0.3, -0.25) is 10.1 Å². The Bertz CT molecular complexity index is 1870. The summed E-state index contributed by atoms with van der Waals surface area (Å²) < 4.78 is 13.5. The highest BCUT2D eigenvalue weighted by Gasteiger charge is 2.25. The zero-order chi connectivity index (χ0) is 33.6. The van der Waals surface area contributed by atoms with Crippen molar-refractivity contribution >= 4 is 62.6 Å². The SMILES string of the molecule is CCCC(I)c1cc(NC(=O)Nc2ccc(OC(C)(C)c3ccnc(NC(=O)COC)c3)c3ccccc23)n(-c2ccc(C)cc2)n1.